The molecule has 3 heteroatoms. The number of benzene rings is 9. The minimum Gasteiger partial charge on any atom is -0.455 e. The van der Waals surface area contributed by atoms with Gasteiger partial charge in [-0.1, -0.05) is 196 Å². The molecule has 302 valence electrons. The van der Waals surface area contributed by atoms with Crippen molar-refractivity contribution in [2.24, 2.45) is 0 Å². The lowest BCUT2D eigenvalue weighted by atomic mass is 9.82. The van der Waals surface area contributed by atoms with Crippen LogP contribution in [0.4, 0.5) is 0 Å². The molecule has 0 saturated heterocycles. The second kappa shape index (κ2) is 15.0. The summed E-state index contributed by atoms with van der Waals surface area (Å²) in [6, 6.07) is 77.9. The predicted octanol–water partition coefficient (Wildman–Crippen LogP) is 16.4. The lowest BCUT2D eigenvalue weighted by Gasteiger charge is -2.21. The summed E-state index contributed by atoms with van der Waals surface area (Å²) in [7, 11) is 0. The van der Waals surface area contributed by atoms with E-state index in [2.05, 4.69) is 214 Å². The molecule has 64 heavy (non-hydrogen) atoms. The van der Waals surface area contributed by atoms with Crippen molar-refractivity contribution < 1.29 is 4.42 Å². The molecule has 0 aliphatic heterocycles. The highest BCUT2D eigenvalue weighted by Gasteiger charge is 2.35. The van der Waals surface area contributed by atoms with E-state index in [9.17, 15) is 0 Å². The Balaban J connectivity index is 1.06. The molecule has 0 bridgehead atoms. The van der Waals surface area contributed by atoms with E-state index < -0.39 is 0 Å². The van der Waals surface area contributed by atoms with E-state index in [1.807, 2.05) is 18.2 Å². The van der Waals surface area contributed by atoms with Gasteiger partial charge in [-0.15, -0.1) is 0 Å². The molecular formula is C61H42N2O. The number of para-hydroxylation sites is 2. The Morgan fingerprint density at radius 2 is 0.875 bits per heavy atom. The number of hydrogen-bond acceptors (Lipinski definition) is 3. The molecule has 0 radical (unpaired) electrons. The Labute approximate surface area is 373 Å². The van der Waals surface area contributed by atoms with Gasteiger partial charge in [-0.25, -0.2) is 9.97 Å². The molecule has 0 fully saturated rings. The highest BCUT2D eigenvalue weighted by Crippen LogP contribution is 2.50. The third-order valence-corrected chi connectivity index (χ3v) is 13.1. The summed E-state index contributed by atoms with van der Waals surface area (Å²) in [6.07, 6.45) is 0. The maximum atomic E-state index is 6.64. The summed E-state index contributed by atoms with van der Waals surface area (Å²) in [5, 5.41) is 2.20. The molecule has 1 aliphatic rings. The maximum Gasteiger partial charge on any atom is 0.160 e. The van der Waals surface area contributed by atoms with Crippen molar-refractivity contribution in [2.45, 2.75) is 19.3 Å². The van der Waals surface area contributed by atoms with Gasteiger partial charge in [-0.2, -0.15) is 0 Å². The van der Waals surface area contributed by atoms with E-state index >= 15 is 0 Å². The van der Waals surface area contributed by atoms with Gasteiger partial charge >= 0.3 is 0 Å². The first-order valence-corrected chi connectivity index (χ1v) is 22.0. The average Bonchev–Trinajstić information content (AvgIpc) is 3.86. The van der Waals surface area contributed by atoms with Crippen molar-refractivity contribution >= 4 is 21.9 Å². The fourth-order valence-corrected chi connectivity index (χ4v) is 9.85. The highest BCUT2D eigenvalue weighted by molar-refractivity contribution is 6.10. The second-order valence-electron chi connectivity index (χ2n) is 17.3. The van der Waals surface area contributed by atoms with Crippen molar-refractivity contribution in [3.8, 4) is 89.5 Å². The monoisotopic (exact) mass is 818 g/mol. The summed E-state index contributed by atoms with van der Waals surface area (Å²) >= 11 is 0. The molecule has 11 aromatic rings. The number of aromatic nitrogens is 2. The first kappa shape index (κ1) is 37.6. The van der Waals surface area contributed by atoms with Gasteiger partial charge in [-0.3, -0.25) is 0 Å². The van der Waals surface area contributed by atoms with E-state index in [1.54, 1.807) is 0 Å². The van der Waals surface area contributed by atoms with Gasteiger partial charge < -0.3 is 4.42 Å². The van der Waals surface area contributed by atoms with E-state index in [1.165, 1.54) is 33.4 Å². The standard InChI is InChI=1S/C61H42N2O/c1-61(2)54-26-13-11-21-49(54)53-37-43(32-33-55(53)61)47-20-9-10-22-50(47)57-38-56(62-60(63-57)42-18-7-4-8-19-42)46-35-44(41-30-28-40(29-31-41)39-16-5-3-6-17-39)34-45(36-46)48-24-15-25-52-51-23-12-14-27-58(51)64-59(48)52/h3-38H,1-2H3. The molecule has 1 aliphatic carbocycles. The Morgan fingerprint density at radius 1 is 0.328 bits per heavy atom. The van der Waals surface area contributed by atoms with Crippen LogP contribution >= 0.6 is 0 Å². The van der Waals surface area contributed by atoms with Crippen LogP contribution in [0.3, 0.4) is 0 Å². The van der Waals surface area contributed by atoms with Crippen LogP contribution in [0.1, 0.15) is 25.0 Å². The van der Waals surface area contributed by atoms with Crippen LogP contribution < -0.4 is 0 Å². The maximum absolute atomic E-state index is 6.64. The summed E-state index contributed by atoms with van der Waals surface area (Å²) < 4.78 is 6.64. The molecule has 0 N–H and O–H groups in total. The molecule has 2 aromatic heterocycles. The van der Waals surface area contributed by atoms with Gasteiger partial charge in [0.1, 0.15) is 11.2 Å². The van der Waals surface area contributed by atoms with Crippen LogP contribution in [0.2, 0.25) is 0 Å². The van der Waals surface area contributed by atoms with E-state index in [0.29, 0.717) is 5.82 Å². The molecule has 9 aromatic carbocycles. The summed E-state index contributed by atoms with van der Waals surface area (Å²) in [5.74, 6) is 0.672. The molecule has 3 nitrogen and oxygen atoms in total. The van der Waals surface area contributed by atoms with E-state index in [-0.39, 0.29) is 5.41 Å². The van der Waals surface area contributed by atoms with Crippen LogP contribution in [0, 0.1) is 0 Å². The van der Waals surface area contributed by atoms with Gasteiger partial charge in [0.05, 0.1) is 11.4 Å². The fourth-order valence-electron chi connectivity index (χ4n) is 9.85. The zero-order valence-corrected chi connectivity index (χ0v) is 35.6. The number of rotatable bonds is 7. The zero-order chi connectivity index (χ0) is 42.8. The Morgan fingerprint density at radius 3 is 1.67 bits per heavy atom. The third-order valence-electron chi connectivity index (χ3n) is 13.1. The zero-order valence-electron chi connectivity index (χ0n) is 35.6. The minimum absolute atomic E-state index is 0.0661. The second-order valence-corrected chi connectivity index (χ2v) is 17.3. The van der Waals surface area contributed by atoms with Crippen molar-refractivity contribution in [3.63, 3.8) is 0 Å². The Bertz CT molecular complexity index is 3560. The first-order chi connectivity index (χ1) is 31.5. The molecular weight excluding hydrogens is 777 g/mol. The molecule has 0 spiro atoms. The molecule has 0 atom stereocenters. The number of furan rings is 1. The van der Waals surface area contributed by atoms with E-state index in [0.717, 1.165) is 83.4 Å². The highest BCUT2D eigenvalue weighted by atomic mass is 16.3. The lowest BCUT2D eigenvalue weighted by Crippen LogP contribution is -2.14. The lowest BCUT2D eigenvalue weighted by molar-refractivity contribution is 0.660. The van der Waals surface area contributed by atoms with Gasteiger partial charge in [0, 0.05) is 38.4 Å². The predicted molar refractivity (Wildman–Crippen MR) is 265 cm³/mol. The van der Waals surface area contributed by atoms with Crippen molar-refractivity contribution in [1.29, 1.82) is 0 Å². The molecule has 0 saturated carbocycles. The van der Waals surface area contributed by atoms with Gasteiger partial charge in [-0.05, 0) is 97.6 Å². The van der Waals surface area contributed by atoms with Gasteiger partial charge in [0.15, 0.2) is 5.82 Å². The first-order valence-electron chi connectivity index (χ1n) is 22.0. The number of fused-ring (bicyclic) bond motifs is 6. The Hall–Kier alpha value is -8.14. The fraction of sp³-hybridized carbons (Fsp3) is 0.0492. The molecule has 2 heterocycles. The summed E-state index contributed by atoms with van der Waals surface area (Å²) in [4.78, 5) is 10.7. The van der Waals surface area contributed by atoms with Crippen LogP contribution in [0.25, 0.3) is 111 Å². The van der Waals surface area contributed by atoms with Gasteiger partial charge in [0.2, 0.25) is 0 Å². The minimum atomic E-state index is -0.0661. The van der Waals surface area contributed by atoms with Gasteiger partial charge in [0.25, 0.3) is 0 Å². The molecule has 12 rings (SSSR count). The molecule has 0 unspecified atom stereocenters. The smallest absolute Gasteiger partial charge is 0.160 e. The van der Waals surface area contributed by atoms with Crippen molar-refractivity contribution in [2.75, 3.05) is 0 Å². The normalized spacial score (nSPS) is 12.7. The van der Waals surface area contributed by atoms with Crippen LogP contribution in [-0.2, 0) is 5.41 Å². The number of hydrogen-bond donors (Lipinski definition) is 0. The largest absolute Gasteiger partial charge is 0.455 e. The van der Waals surface area contributed by atoms with E-state index in [4.69, 9.17) is 14.4 Å². The topological polar surface area (TPSA) is 38.9 Å². The average molecular weight is 819 g/mol. The third kappa shape index (κ3) is 6.36. The quantitative estimate of drug-likeness (QED) is 0.161. The summed E-state index contributed by atoms with van der Waals surface area (Å²) in [5.41, 5.74) is 20.6. The van der Waals surface area contributed by atoms with Crippen LogP contribution in [0.5, 0.6) is 0 Å². The molecule has 0 amide bonds. The van der Waals surface area contributed by atoms with Crippen LogP contribution in [0.15, 0.2) is 223 Å². The summed E-state index contributed by atoms with van der Waals surface area (Å²) in [6.45, 7) is 4.66. The van der Waals surface area contributed by atoms with Crippen molar-refractivity contribution in [1.82, 2.24) is 9.97 Å². The number of nitrogens with zero attached hydrogens (tertiary/aromatic N) is 2. The van der Waals surface area contributed by atoms with Crippen molar-refractivity contribution in [3.05, 3.63) is 230 Å². The Kier molecular flexibility index (Phi) is 8.84. The van der Waals surface area contributed by atoms with Crippen LogP contribution in [-0.4, -0.2) is 9.97 Å². The SMILES string of the molecule is CC1(C)c2ccccc2-c2cc(-c3ccccc3-c3cc(-c4cc(-c5ccc(-c6ccccc6)cc5)cc(-c5cccc6c5oc5ccccc56)c4)nc(-c4ccccc4)n3)ccc21.